The van der Waals surface area contributed by atoms with Crippen LogP contribution in [0.2, 0.25) is 0 Å². The van der Waals surface area contributed by atoms with E-state index in [1.54, 1.807) is 18.7 Å². The van der Waals surface area contributed by atoms with Gasteiger partial charge in [-0.25, -0.2) is 0 Å². The number of amides is 1. The highest BCUT2D eigenvalue weighted by atomic mass is 32.2. The van der Waals surface area contributed by atoms with E-state index < -0.39 is 6.04 Å². The Labute approximate surface area is 136 Å². The highest BCUT2D eigenvalue weighted by Crippen LogP contribution is 2.13. The molecule has 0 bridgehead atoms. The van der Waals surface area contributed by atoms with Crippen molar-refractivity contribution in [2.24, 2.45) is 5.73 Å². The summed E-state index contributed by atoms with van der Waals surface area (Å²) in [5.41, 5.74) is 8.27. The van der Waals surface area contributed by atoms with Crippen LogP contribution in [0.3, 0.4) is 0 Å². The number of hydrogen-bond acceptors (Lipinski definition) is 5. The van der Waals surface area contributed by atoms with Crippen molar-refractivity contribution in [3.05, 3.63) is 35.4 Å². The van der Waals surface area contributed by atoms with Gasteiger partial charge in [0.05, 0.1) is 19.1 Å². The van der Waals surface area contributed by atoms with E-state index in [0.717, 1.165) is 5.75 Å². The molecule has 1 unspecified atom stereocenters. The summed E-state index contributed by atoms with van der Waals surface area (Å²) in [7, 11) is 0. The van der Waals surface area contributed by atoms with Gasteiger partial charge in [-0.05, 0) is 19.4 Å². The average molecular weight is 324 g/mol. The number of aryl methyl sites for hydroxylation is 1. The number of benzene rings is 1. The van der Waals surface area contributed by atoms with Gasteiger partial charge < -0.3 is 15.8 Å². The molecule has 1 rings (SSSR count). The maximum absolute atomic E-state index is 11.8. The number of nitrogens with two attached hydrogens (primary N) is 1. The van der Waals surface area contributed by atoms with E-state index in [1.807, 2.05) is 6.92 Å². The molecule has 1 amide bonds. The summed E-state index contributed by atoms with van der Waals surface area (Å²) >= 11 is 1.62. The lowest BCUT2D eigenvalue weighted by Crippen LogP contribution is -2.43. The molecule has 0 aromatic heterocycles. The van der Waals surface area contributed by atoms with Crippen LogP contribution in [0.4, 0.5) is 0 Å². The number of carbonyl (C=O) groups excluding carboxylic acids is 2. The highest BCUT2D eigenvalue weighted by Gasteiger charge is 2.13. The molecular formula is C16H24N2O3S. The number of rotatable bonds is 9. The number of ether oxygens (including phenoxy) is 1. The number of nitrogens with one attached hydrogen (secondary N) is 1. The summed E-state index contributed by atoms with van der Waals surface area (Å²) in [6.07, 6.45) is 0.169. The predicted molar refractivity (Wildman–Crippen MR) is 89.6 cm³/mol. The second-order valence-electron chi connectivity index (χ2n) is 4.95. The predicted octanol–water partition coefficient (Wildman–Crippen LogP) is 1.62. The van der Waals surface area contributed by atoms with Crippen molar-refractivity contribution in [1.82, 2.24) is 5.32 Å². The molecule has 1 aromatic carbocycles. The lowest BCUT2D eigenvalue weighted by atomic mass is 10.2. The van der Waals surface area contributed by atoms with Crippen LogP contribution in [-0.2, 0) is 20.1 Å². The van der Waals surface area contributed by atoms with Crippen LogP contribution < -0.4 is 11.1 Å². The van der Waals surface area contributed by atoms with Gasteiger partial charge in [0.25, 0.3) is 0 Å². The fourth-order valence-electron chi connectivity index (χ4n) is 1.72. The average Bonchev–Trinajstić information content (AvgIpc) is 2.49. The zero-order valence-corrected chi connectivity index (χ0v) is 13.9. The lowest BCUT2D eigenvalue weighted by molar-refractivity contribution is -0.143. The molecule has 1 aromatic rings. The van der Waals surface area contributed by atoms with E-state index >= 15 is 0 Å². The Morgan fingerprint density at radius 3 is 2.64 bits per heavy atom. The van der Waals surface area contributed by atoms with Crippen molar-refractivity contribution in [1.29, 1.82) is 0 Å². The molecular weight excluding hydrogens is 300 g/mol. The maximum Gasteiger partial charge on any atom is 0.307 e. The Kier molecular flexibility index (Phi) is 8.62. The minimum absolute atomic E-state index is 0.169. The van der Waals surface area contributed by atoms with Crippen LogP contribution in [0.15, 0.2) is 24.3 Å². The van der Waals surface area contributed by atoms with Crippen LogP contribution in [0, 0.1) is 6.92 Å². The van der Waals surface area contributed by atoms with Crippen LogP contribution in [0.25, 0.3) is 0 Å². The van der Waals surface area contributed by atoms with Gasteiger partial charge in [0.2, 0.25) is 5.91 Å². The van der Waals surface area contributed by atoms with E-state index in [-0.39, 0.29) is 24.8 Å². The minimum atomic E-state index is -0.572. The summed E-state index contributed by atoms with van der Waals surface area (Å²) in [5, 5.41) is 2.65. The SMILES string of the molecule is CCOC(=O)CCNC(=O)C(N)CSCc1ccc(C)cc1. The summed E-state index contributed by atoms with van der Waals surface area (Å²) in [6.45, 7) is 4.40. The highest BCUT2D eigenvalue weighted by molar-refractivity contribution is 7.98. The topological polar surface area (TPSA) is 81.4 Å². The van der Waals surface area contributed by atoms with Gasteiger partial charge in [-0.3, -0.25) is 9.59 Å². The third kappa shape index (κ3) is 7.47. The van der Waals surface area contributed by atoms with Crippen LogP contribution in [-0.4, -0.2) is 36.8 Å². The molecule has 3 N–H and O–H groups in total. The fraction of sp³-hybridized carbons (Fsp3) is 0.500. The van der Waals surface area contributed by atoms with Crippen molar-refractivity contribution in [2.45, 2.75) is 32.1 Å². The van der Waals surface area contributed by atoms with Gasteiger partial charge in [-0.2, -0.15) is 11.8 Å². The number of esters is 1. The third-order valence-corrected chi connectivity index (χ3v) is 4.09. The molecule has 0 fully saturated rings. The summed E-state index contributed by atoms with van der Waals surface area (Å²) in [6, 6.07) is 7.72. The lowest BCUT2D eigenvalue weighted by Gasteiger charge is -2.12. The first kappa shape index (κ1) is 18.5. The Bertz CT molecular complexity index is 477. The fourth-order valence-corrected chi connectivity index (χ4v) is 2.67. The molecule has 22 heavy (non-hydrogen) atoms. The van der Waals surface area contributed by atoms with E-state index in [4.69, 9.17) is 10.5 Å². The molecule has 0 radical (unpaired) electrons. The number of thioether (sulfide) groups is 1. The molecule has 0 aliphatic rings. The largest absolute Gasteiger partial charge is 0.466 e. The molecule has 122 valence electrons. The first-order valence-corrected chi connectivity index (χ1v) is 8.50. The van der Waals surface area contributed by atoms with Crippen molar-refractivity contribution in [2.75, 3.05) is 18.9 Å². The second-order valence-corrected chi connectivity index (χ2v) is 5.98. The summed E-state index contributed by atoms with van der Waals surface area (Å²) in [4.78, 5) is 22.9. The van der Waals surface area contributed by atoms with E-state index in [9.17, 15) is 9.59 Å². The molecule has 1 atom stereocenters. The monoisotopic (exact) mass is 324 g/mol. The summed E-state index contributed by atoms with van der Waals surface area (Å²) < 4.78 is 4.78. The van der Waals surface area contributed by atoms with Gasteiger partial charge in [0, 0.05) is 18.1 Å². The first-order valence-electron chi connectivity index (χ1n) is 7.35. The molecule has 0 heterocycles. The Morgan fingerprint density at radius 1 is 1.32 bits per heavy atom. The van der Waals surface area contributed by atoms with Crippen molar-refractivity contribution in [3.8, 4) is 0 Å². The zero-order valence-electron chi connectivity index (χ0n) is 13.1. The van der Waals surface area contributed by atoms with E-state index in [0.29, 0.717) is 12.4 Å². The Balaban J connectivity index is 2.18. The second kappa shape index (κ2) is 10.2. The van der Waals surface area contributed by atoms with E-state index in [1.165, 1.54) is 11.1 Å². The number of hydrogen-bond donors (Lipinski definition) is 2. The van der Waals surface area contributed by atoms with Crippen molar-refractivity contribution < 1.29 is 14.3 Å². The Morgan fingerprint density at radius 2 is 2.00 bits per heavy atom. The maximum atomic E-state index is 11.8. The van der Waals surface area contributed by atoms with Crippen LogP contribution in [0.5, 0.6) is 0 Å². The molecule has 0 saturated heterocycles. The molecule has 6 heteroatoms. The van der Waals surface area contributed by atoms with Gasteiger partial charge in [0.15, 0.2) is 0 Å². The van der Waals surface area contributed by atoms with Crippen molar-refractivity contribution in [3.63, 3.8) is 0 Å². The number of carbonyl (C=O) groups is 2. The first-order chi connectivity index (χ1) is 10.5. The third-order valence-electron chi connectivity index (χ3n) is 2.96. The van der Waals surface area contributed by atoms with Gasteiger partial charge in [-0.1, -0.05) is 29.8 Å². The van der Waals surface area contributed by atoms with Crippen molar-refractivity contribution >= 4 is 23.6 Å². The normalized spacial score (nSPS) is 11.8. The molecule has 0 saturated carbocycles. The minimum Gasteiger partial charge on any atom is -0.466 e. The Hall–Kier alpha value is -1.53. The van der Waals surface area contributed by atoms with Crippen LogP contribution in [0.1, 0.15) is 24.5 Å². The smallest absolute Gasteiger partial charge is 0.307 e. The molecule has 0 spiro atoms. The quantitative estimate of drug-likeness (QED) is 0.675. The standard InChI is InChI=1S/C16H24N2O3S/c1-3-21-15(19)8-9-18-16(20)14(17)11-22-10-13-6-4-12(2)5-7-13/h4-7,14H,3,8-11,17H2,1-2H3,(H,18,20). The van der Waals surface area contributed by atoms with Gasteiger partial charge in [0.1, 0.15) is 0 Å². The zero-order chi connectivity index (χ0) is 16.4. The summed E-state index contributed by atoms with van der Waals surface area (Å²) in [5.74, 6) is 0.814. The van der Waals surface area contributed by atoms with Crippen LogP contribution >= 0.6 is 11.8 Å². The molecule has 0 aliphatic heterocycles. The van der Waals surface area contributed by atoms with E-state index in [2.05, 4.69) is 29.6 Å². The molecule has 0 aliphatic carbocycles. The molecule has 5 nitrogen and oxygen atoms in total. The van der Waals surface area contributed by atoms with Gasteiger partial charge >= 0.3 is 5.97 Å². The van der Waals surface area contributed by atoms with Gasteiger partial charge in [-0.15, -0.1) is 0 Å².